The average Bonchev–Trinajstić information content (AvgIpc) is 3.43. The largest absolute Gasteiger partial charge is 0.341 e. The van der Waals surface area contributed by atoms with Gasteiger partial charge in [0.25, 0.3) is 0 Å². The molecule has 3 heterocycles. The molecule has 4 aromatic rings. The zero-order valence-corrected chi connectivity index (χ0v) is 15.4. The van der Waals surface area contributed by atoms with Gasteiger partial charge in [0, 0.05) is 17.8 Å². The van der Waals surface area contributed by atoms with E-state index < -0.39 is 11.7 Å². The average molecular weight is 388 g/mol. The molecule has 0 saturated heterocycles. The second kappa shape index (κ2) is 6.70. The van der Waals surface area contributed by atoms with Crippen LogP contribution in [0.4, 0.5) is 10.3 Å². The standard InChI is InChI=1S/C22H17FN4O2/c23-15-7-4-8-16-19(15)25-22(24-16)26-21(29)14-11-12-27-17(14)9-10-18(27)20(28)13-5-2-1-3-6-13/h1-10,14H,11-12H2,(H2,24,25,26,29). The van der Waals surface area contributed by atoms with Gasteiger partial charge in [-0.3, -0.25) is 14.9 Å². The maximum Gasteiger partial charge on any atom is 0.235 e. The van der Waals surface area contributed by atoms with Crippen LogP contribution in [0.2, 0.25) is 0 Å². The molecule has 0 radical (unpaired) electrons. The van der Waals surface area contributed by atoms with Gasteiger partial charge >= 0.3 is 0 Å². The number of nitrogens with one attached hydrogen (secondary N) is 2. The minimum atomic E-state index is -0.446. The summed E-state index contributed by atoms with van der Waals surface area (Å²) in [5.41, 5.74) is 2.70. The number of carbonyl (C=O) groups is 2. The number of nitrogens with zero attached hydrogens (tertiary/aromatic N) is 2. The molecular formula is C22H17FN4O2. The van der Waals surface area contributed by atoms with Gasteiger partial charge in [0.1, 0.15) is 5.52 Å². The summed E-state index contributed by atoms with van der Waals surface area (Å²) in [4.78, 5) is 32.7. The number of imidazole rings is 1. The number of hydrogen-bond donors (Lipinski definition) is 2. The van der Waals surface area contributed by atoms with E-state index in [1.165, 1.54) is 6.07 Å². The molecule has 6 nitrogen and oxygen atoms in total. The number of para-hydroxylation sites is 1. The van der Waals surface area contributed by atoms with Gasteiger partial charge in [-0.15, -0.1) is 0 Å². The van der Waals surface area contributed by atoms with Crippen LogP contribution in [0.15, 0.2) is 60.7 Å². The summed E-state index contributed by atoms with van der Waals surface area (Å²) in [5.74, 6) is -0.935. The van der Waals surface area contributed by atoms with E-state index in [0.29, 0.717) is 29.7 Å². The Labute approximate surface area is 165 Å². The van der Waals surface area contributed by atoms with Crippen molar-refractivity contribution in [3.63, 3.8) is 0 Å². The minimum absolute atomic E-state index is 0.0642. The lowest BCUT2D eigenvalue weighted by Crippen LogP contribution is -2.20. The lowest BCUT2D eigenvalue weighted by Gasteiger charge is -2.08. The number of ketones is 1. The van der Waals surface area contributed by atoms with Crippen molar-refractivity contribution in [1.82, 2.24) is 14.5 Å². The molecule has 2 N–H and O–H groups in total. The van der Waals surface area contributed by atoms with Crippen LogP contribution in [0.5, 0.6) is 0 Å². The van der Waals surface area contributed by atoms with Gasteiger partial charge in [0.15, 0.2) is 5.82 Å². The topological polar surface area (TPSA) is 79.8 Å². The van der Waals surface area contributed by atoms with Crippen LogP contribution < -0.4 is 5.32 Å². The maximum absolute atomic E-state index is 13.8. The Morgan fingerprint density at radius 3 is 2.69 bits per heavy atom. The number of anilines is 1. The molecule has 1 atom stereocenters. The van der Waals surface area contributed by atoms with Gasteiger partial charge in [-0.2, -0.15) is 0 Å². The fourth-order valence-electron chi connectivity index (χ4n) is 3.90. The van der Waals surface area contributed by atoms with E-state index in [9.17, 15) is 14.0 Å². The lowest BCUT2D eigenvalue weighted by atomic mass is 10.0. The number of fused-ring (bicyclic) bond motifs is 2. The smallest absolute Gasteiger partial charge is 0.235 e. The van der Waals surface area contributed by atoms with Crippen molar-refractivity contribution in [3.05, 3.63) is 83.4 Å². The molecule has 1 amide bonds. The van der Waals surface area contributed by atoms with Crippen LogP contribution in [0.25, 0.3) is 11.0 Å². The van der Waals surface area contributed by atoms with Crippen LogP contribution in [0, 0.1) is 5.82 Å². The highest BCUT2D eigenvalue weighted by molar-refractivity contribution is 6.08. The third kappa shape index (κ3) is 2.91. The zero-order chi connectivity index (χ0) is 20.0. The molecule has 0 aliphatic carbocycles. The Kier molecular flexibility index (Phi) is 4.01. The van der Waals surface area contributed by atoms with Gasteiger partial charge in [-0.1, -0.05) is 36.4 Å². The highest BCUT2D eigenvalue weighted by Crippen LogP contribution is 2.32. The van der Waals surface area contributed by atoms with Gasteiger partial charge < -0.3 is 9.55 Å². The Morgan fingerprint density at radius 2 is 1.90 bits per heavy atom. The summed E-state index contributed by atoms with van der Waals surface area (Å²) < 4.78 is 15.7. The summed E-state index contributed by atoms with van der Waals surface area (Å²) in [6.07, 6.45) is 0.589. The molecule has 1 aliphatic rings. The Morgan fingerprint density at radius 1 is 1.07 bits per heavy atom. The normalized spacial score (nSPS) is 15.4. The van der Waals surface area contributed by atoms with Gasteiger partial charge in [-0.05, 0) is 30.7 Å². The third-order valence-corrected chi connectivity index (χ3v) is 5.30. The summed E-state index contributed by atoms with van der Waals surface area (Å²) in [7, 11) is 0. The number of H-pyrrole nitrogens is 1. The summed E-state index contributed by atoms with van der Waals surface area (Å²) >= 11 is 0. The SMILES string of the molecule is O=C(c1ccccc1)c1ccc2n1CCC2C(=O)Nc1nc2c(F)cccc2[nH]1. The molecule has 0 spiro atoms. The Balaban J connectivity index is 1.39. The molecular weight excluding hydrogens is 371 g/mol. The van der Waals surface area contributed by atoms with Crippen molar-refractivity contribution < 1.29 is 14.0 Å². The van der Waals surface area contributed by atoms with Crippen molar-refractivity contribution in [2.75, 3.05) is 5.32 Å². The number of hydrogen-bond acceptors (Lipinski definition) is 3. The molecule has 0 saturated carbocycles. The number of carbonyl (C=O) groups excluding carboxylic acids is 2. The van der Waals surface area contributed by atoms with Crippen LogP contribution in [0.1, 0.15) is 34.1 Å². The highest BCUT2D eigenvalue weighted by atomic mass is 19.1. The number of halogens is 1. The molecule has 29 heavy (non-hydrogen) atoms. The second-order valence-electron chi connectivity index (χ2n) is 7.04. The van der Waals surface area contributed by atoms with E-state index in [0.717, 1.165) is 5.69 Å². The van der Waals surface area contributed by atoms with Gasteiger partial charge in [0.05, 0.1) is 17.1 Å². The highest BCUT2D eigenvalue weighted by Gasteiger charge is 2.32. The summed E-state index contributed by atoms with van der Waals surface area (Å²) in [5, 5.41) is 2.74. The maximum atomic E-state index is 13.8. The summed E-state index contributed by atoms with van der Waals surface area (Å²) in [6.45, 7) is 0.586. The van der Waals surface area contributed by atoms with Crippen molar-refractivity contribution in [1.29, 1.82) is 0 Å². The minimum Gasteiger partial charge on any atom is -0.341 e. The predicted molar refractivity (Wildman–Crippen MR) is 106 cm³/mol. The molecule has 0 bridgehead atoms. The number of aromatic nitrogens is 3. The van der Waals surface area contributed by atoms with Crippen LogP contribution in [-0.2, 0) is 11.3 Å². The fourth-order valence-corrected chi connectivity index (χ4v) is 3.90. The van der Waals surface area contributed by atoms with Crippen LogP contribution >= 0.6 is 0 Å². The first-order valence-corrected chi connectivity index (χ1v) is 9.36. The lowest BCUT2D eigenvalue weighted by molar-refractivity contribution is -0.117. The number of amides is 1. The third-order valence-electron chi connectivity index (χ3n) is 5.30. The van der Waals surface area contributed by atoms with Gasteiger partial charge in [-0.25, -0.2) is 9.37 Å². The van der Waals surface area contributed by atoms with E-state index >= 15 is 0 Å². The molecule has 144 valence electrons. The van der Waals surface area contributed by atoms with Crippen molar-refractivity contribution in [3.8, 4) is 0 Å². The van der Waals surface area contributed by atoms with E-state index in [1.54, 1.807) is 30.3 Å². The van der Waals surface area contributed by atoms with E-state index in [4.69, 9.17) is 0 Å². The van der Waals surface area contributed by atoms with E-state index in [2.05, 4.69) is 15.3 Å². The van der Waals surface area contributed by atoms with Gasteiger partial charge in [0.2, 0.25) is 17.6 Å². The predicted octanol–water partition coefficient (Wildman–Crippen LogP) is 3.86. The second-order valence-corrected chi connectivity index (χ2v) is 7.04. The molecule has 0 fully saturated rings. The first-order chi connectivity index (χ1) is 14.1. The molecule has 2 aromatic carbocycles. The Bertz CT molecular complexity index is 1240. The van der Waals surface area contributed by atoms with Crippen molar-refractivity contribution >= 4 is 28.7 Å². The zero-order valence-electron chi connectivity index (χ0n) is 15.4. The Hall–Kier alpha value is -3.74. The van der Waals surface area contributed by atoms with Crippen LogP contribution in [0.3, 0.4) is 0 Å². The molecule has 7 heteroatoms. The number of benzene rings is 2. The molecule has 1 unspecified atom stereocenters. The van der Waals surface area contributed by atoms with Crippen molar-refractivity contribution in [2.24, 2.45) is 0 Å². The van der Waals surface area contributed by atoms with Crippen LogP contribution in [-0.4, -0.2) is 26.2 Å². The number of aromatic amines is 1. The summed E-state index contributed by atoms with van der Waals surface area (Å²) in [6, 6.07) is 17.3. The van der Waals surface area contributed by atoms with Crippen molar-refractivity contribution in [2.45, 2.75) is 18.9 Å². The quantitative estimate of drug-likeness (QED) is 0.521. The molecule has 2 aromatic heterocycles. The molecule has 1 aliphatic heterocycles. The monoisotopic (exact) mass is 388 g/mol. The fraction of sp³-hybridized carbons (Fsp3) is 0.136. The van der Waals surface area contributed by atoms with E-state index in [1.807, 2.05) is 28.8 Å². The number of rotatable bonds is 4. The first kappa shape index (κ1) is 17.4. The van der Waals surface area contributed by atoms with E-state index in [-0.39, 0.29) is 23.2 Å². The first-order valence-electron chi connectivity index (χ1n) is 9.36. The molecule has 5 rings (SSSR count).